The van der Waals surface area contributed by atoms with Crippen molar-refractivity contribution in [2.45, 2.75) is 37.4 Å². The van der Waals surface area contributed by atoms with Crippen LogP contribution in [0.25, 0.3) is 0 Å². The van der Waals surface area contributed by atoms with E-state index < -0.39 is 11.7 Å². The van der Waals surface area contributed by atoms with Crippen molar-refractivity contribution < 1.29 is 22.8 Å². The van der Waals surface area contributed by atoms with Gasteiger partial charge in [-0.25, -0.2) is 0 Å². The van der Waals surface area contributed by atoms with E-state index >= 15 is 0 Å². The molecule has 2 aromatic carbocycles. The number of rotatable bonds is 5. The molecule has 4 rings (SSSR count). The lowest BCUT2D eigenvalue weighted by atomic mass is 10.1. The monoisotopic (exact) mass is 388 g/mol. The molecule has 4 nitrogen and oxygen atoms in total. The summed E-state index contributed by atoms with van der Waals surface area (Å²) in [4.78, 5) is 24.4. The third-order valence-electron chi connectivity index (χ3n) is 5.12. The average molecular weight is 388 g/mol. The predicted molar refractivity (Wildman–Crippen MR) is 97.9 cm³/mol. The van der Waals surface area contributed by atoms with Crippen molar-refractivity contribution in [2.75, 3.05) is 5.32 Å². The van der Waals surface area contributed by atoms with Gasteiger partial charge < -0.3 is 10.6 Å². The van der Waals surface area contributed by atoms with Gasteiger partial charge in [0.05, 0.1) is 5.56 Å². The summed E-state index contributed by atoms with van der Waals surface area (Å²) in [6, 6.07) is 11.9. The number of anilines is 1. The molecule has 2 N–H and O–H groups in total. The number of benzene rings is 2. The molecule has 0 radical (unpaired) electrons. The highest BCUT2D eigenvalue weighted by atomic mass is 19.4. The van der Waals surface area contributed by atoms with E-state index in [-0.39, 0.29) is 29.7 Å². The molecule has 28 heavy (non-hydrogen) atoms. The molecular weight excluding hydrogens is 369 g/mol. The fourth-order valence-corrected chi connectivity index (χ4v) is 3.21. The van der Waals surface area contributed by atoms with E-state index in [0.29, 0.717) is 17.7 Å². The van der Waals surface area contributed by atoms with Crippen molar-refractivity contribution in [3.05, 3.63) is 65.2 Å². The molecule has 2 aromatic rings. The summed E-state index contributed by atoms with van der Waals surface area (Å²) < 4.78 is 37.9. The lowest BCUT2D eigenvalue weighted by Gasteiger charge is -2.08. The van der Waals surface area contributed by atoms with Crippen LogP contribution in [0.1, 0.15) is 46.7 Å². The van der Waals surface area contributed by atoms with Gasteiger partial charge in [-0.1, -0.05) is 12.1 Å². The normalized spacial score (nSPS) is 21.1. The second kappa shape index (κ2) is 6.96. The van der Waals surface area contributed by atoms with Gasteiger partial charge in [0.1, 0.15) is 0 Å². The van der Waals surface area contributed by atoms with Crippen LogP contribution in [0.15, 0.2) is 48.5 Å². The van der Waals surface area contributed by atoms with Crippen LogP contribution < -0.4 is 10.6 Å². The van der Waals surface area contributed by atoms with Crippen molar-refractivity contribution in [1.29, 1.82) is 0 Å². The maximum atomic E-state index is 12.6. The van der Waals surface area contributed by atoms with Crippen LogP contribution in [-0.2, 0) is 11.0 Å². The number of hydrogen-bond acceptors (Lipinski definition) is 2. The quantitative estimate of drug-likeness (QED) is 0.801. The van der Waals surface area contributed by atoms with Gasteiger partial charge in [0.15, 0.2) is 0 Å². The van der Waals surface area contributed by atoms with Crippen molar-refractivity contribution >= 4 is 17.5 Å². The second-order valence-electron chi connectivity index (χ2n) is 7.38. The van der Waals surface area contributed by atoms with E-state index in [9.17, 15) is 22.8 Å². The molecule has 0 heterocycles. The SMILES string of the molecule is O=C(NC1CC1)c1ccc(NC(=O)C2CC2c2ccc(C(F)(F)F)cc2)cc1. The Bertz CT molecular complexity index is 887. The smallest absolute Gasteiger partial charge is 0.349 e. The molecule has 0 saturated heterocycles. The summed E-state index contributed by atoms with van der Waals surface area (Å²) in [6.07, 6.45) is -1.72. The molecule has 2 saturated carbocycles. The standard InChI is InChI=1S/C21H19F3N2O2/c22-21(23,24)14-5-1-12(2-6-14)17-11-18(17)20(28)26-15-7-3-13(4-8-15)19(27)25-16-9-10-16/h1-8,16-18H,9-11H2,(H,25,27)(H,26,28). The Morgan fingerprint density at radius 2 is 1.57 bits per heavy atom. The molecule has 7 heteroatoms. The molecule has 0 aromatic heterocycles. The topological polar surface area (TPSA) is 58.2 Å². The van der Waals surface area contributed by atoms with Crippen LogP contribution in [-0.4, -0.2) is 17.9 Å². The van der Waals surface area contributed by atoms with Gasteiger partial charge in [0, 0.05) is 23.2 Å². The van der Waals surface area contributed by atoms with Crippen LogP contribution in [0.5, 0.6) is 0 Å². The summed E-state index contributed by atoms with van der Waals surface area (Å²) in [5.41, 5.74) is 1.17. The van der Waals surface area contributed by atoms with Crippen molar-refractivity contribution in [2.24, 2.45) is 5.92 Å². The Morgan fingerprint density at radius 1 is 0.929 bits per heavy atom. The van der Waals surface area contributed by atoms with E-state index in [0.717, 1.165) is 30.5 Å². The van der Waals surface area contributed by atoms with Crippen LogP contribution in [0.3, 0.4) is 0 Å². The van der Waals surface area contributed by atoms with Crippen molar-refractivity contribution in [3.63, 3.8) is 0 Å². The molecule has 2 unspecified atom stereocenters. The maximum absolute atomic E-state index is 12.6. The van der Waals surface area contributed by atoms with Crippen LogP contribution in [0, 0.1) is 5.92 Å². The summed E-state index contributed by atoms with van der Waals surface area (Å²) in [6.45, 7) is 0. The van der Waals surface area contributed by atoms with Gasteiger partial charge in [0.25, 0.3) is 5.91 Å². The Kier molecular flexibility index (Phi) is 4.61. The minimum Gasteiger partial charge on any atom is -0.349 e. The summed E-state index contributed by atoms with van der Waals surface area (Å²) in [5, 5.41) is 5.71. The first-order valence-corrected chi connectivity index (χ1v) is 9.20. The first-order valence-electron chi connectivity index (χ1n) is 9.20. The van der Waals surface area contributed by atoms with E-state index in [1.165, 1.54) is 12.1 Å². The Hall–Kier alpha value is -2.83. The van der Waals surface area contributed by atoms with Gasteiger partial charge in [-0.15, -0.1) is 0 Å². The van der Waals surface area contributed by atoms with E-state index in [1.807, 2.05) is 0 Å². The molecule has 2 aliphatic carbocycles. The molecule has 2 atom stereocenters. The predicted octanol–water partition coefficient (Wildman–Crippen LogP) is 4.34. The van der Waals surface area contributed by atoms with Gasteiger partial charge in [-0.2, -0.15) is 13.2 Å². The molecule has 2 aliphatic rings. The largest absolute Gasteiger partial charge is 0.416 e. The van der Waals surface area contributed by atoms with Crippen LogP contribution in [0.4, 0.5) is 18.9 Å². The molecule has 146 valence electrons. The zero-order chi connectivity index (χ0) is 19.9. The maximum Gasteiger partial charge on any atom is 0.416 e. The minimum atomic E-state index is -4.36. The van der Waals surface area contributed by atoms with Crippen LogP contribution >= 0.6 is 0 Å². The van der Waals surface area contributed by atoms with Gasteiger partial charge in [0.2, 0.25) is 5.91 Å². The third-order valence-corrected chi connectivity index (χ3v) is 5.12. The zero-order valence-corrected chi connectivity index (χ0v) is 14.9. The number of carbonyl (C=O) groups excluding carboxylic acids is 2. The molecular formula is C21H19F3N2O2. The molecule has 0 bridgehead atoms. The molecule has 2 fully saturated rings. The second-order valence-corrected chi connectivity index (χ2v) is 7.38. The first-order chi connectivity index (χ1) is 13.3. The summed E-state index contributed by atoms with van der Waals surface area (Å²) in [5.74, 6) is -0.606. The van der Waals surface area contributed by atoms with Gasteiger partial charge >= 0.3 is 6.18 Å². The number of hydrogen-bond donors (Lipinski definition) is 2. The van der Waals surface area contributed by atoms with E-state index in [2.05, 4.69) is 10.6 Å². The number of alkyl halides is 3. The van der Waals surface area contributed by atoms with E-state index in [1.54, 1.807) is 24.3 Å². The lowest BCUT2D eigenvalue weighted by molar-refractivity contribution is -0.137. The summed E-state index contributed by atoms with van der Waals surface area (Å²) in [7, 11) is 0. The van der Waals surface area contributed by atoms with Crippen molar-refractivity contribution in [1.82, 2.24) is 5.32 Å². The minimum absolute atomic E-state index is 0.0640. The van der Waals surface area contributed by atoms with Crippen molar-refractivity contribution in [3.8, 4) is 0 Å². The Labute approximate surface area is 160 Å². The molecule has 0 spiro atoms. The van der Waals surface area contributed by atoms with Gasteiger partial charge in [-0.3, -0.25) is 9.59 Å². The number of halogens is 3. The Balaban J connectivity index is 1.32. The highest BCUT2D eigenvalue weighted by molar-refractivity contribution is 5.97. The molecule has 2 amide bonds. The lowest BCUT2D eigenvalue weighted by Crippen LogP contribution is -2.25. The van der Waals surface area contributed by atoms with Crippen LogP contribution in [0.2, 0.25) is 0 Å². The third kappa shape index (κ3) is 4.18. The highest BCUT2D eigenvalue weighted by Crippen LogP contribution is 2.48. The highest BCUT2D eigenvalue weighted by Gasteiger charge is 2.44. The van der Waals surface area contributed by atoms with E-state index in [4.69, 9.17) is 0 Å². The number of amides is 2. The zero-order valence-electron chi connectivity index (χ0n) is 14.9. The average Bonchev–Trinajstić information content (AvgIpc) is 3.56. The van der Waals surface area contributed by atoms with Gasteiger partial charge in [-0.05, 0) is 67.1 Å². The number of carbonyl (C=O) groups is 2. The summed E-state index contributed by atoms with van der Waals surface area (Å²) >= 11 is 0. The number of nitrogens with one attached hydrogen (secondary N) is 2. The fourth-order valence-electron chi connectivity index (χ4n) is 3.21. The molecule has 0 aliphatic heterocycles. The fraction of sp³-hybridized carbons (Fsp3) is 0.333. The Morgan fingerprint density at radius 3 is 2.14 bits per heavy atom. The first kappa shape index (κ1) is 18.5.